The van der Waals surface area contributed by atoms with E-state index in [0.717, 1.165) is 0 Å². The van der Waals surface area contributed by atoms with E-state index < -0.39 is 65.3 Å². The molecule has 0 N–H and O–H groups in total. The summed E-state index contributed by atoms with van der Waals surface area (Å²) in [5, 5.41) is 0. The molecule has 0 aliphatic carbocycles. The molecule has 13 heteroatoms. The molecule has 8 nitrogen and oxygen atoms in total. The number of benzene rings is 2. The summed E-state index contributed by atoms with van der Waals surface area (Å²) in [6.45, 7) is -0.819. The van der Waals surface area contributed by atoms with E-state index >= 15 is 4.39 Å². The van der Waals surface area contributed by atoms with E-state index in [9.17, 15) is 31.2 Å². The van der Waals surface area contributed by atoms with Gasteiger partial charge < -0.3 is 14.2 Å². The number of carbonyl (C=O) groups is 2. The third-order valence-electron chi connectivity index (χ3n) is 4.64. The van der Waals surface area contributed by atoms with Crippen LogP contribution in [0.25, 0.3) is 0 Å². The van der Waals surface area contributed by atoms with Gasteiger partial charge in [0, 0.05) is 6.42 Å². The van der Waals surface area contributed by atoms with Crippen molar-refractivity contribution in [2.45, 2.75) is 36.6 Å². The number of halogens is 4. The summed E-state index contributed by atoms with van der Waals surface area (Å²) in [5.74, 6) is -1.90. The van der Waals surface area contributed by atoms with Gasteiger partial charge in [-0.3, -0.25) is 0 Å². The minimum Gasteiger partial charge on any atom is -0.459 e. The summed E-state index contributed by atoms with van der Waals surface area (Å²) >= 11 is 0. The van der Waals surface area contributed by atoms with Crippen molar-refractivity contribution in [1.82, 2.24) is 0 Å². The Hall–Kier alpha value is -3.03. The third-order valence-corrected chi connectivity index (χ3v) is 5.67. The van der Waals surface area contributed by atoms with Gasteiger partial charge in [-0.05, 0) is 24.3 Å². The van der Waals surface area contributed by atoms with Gasteiger partial charge >= 0.3 is 27.6 Å². The van der Waals surface area contributed by atoms with Crippen molar-refractivity contribution >= 4 is 22.1 Å². The Morgan fingerprint density at radius 1 is 0.941 bits per heavy atom. The first-order chi connectivity index (χ1) is 16.0. The van der Waals surface area contributed by atoms with Crippen molar-refractivity contribution in [2.24, 2.45) is 0 Å². The molecule has 0 bridgehead atoms. The summed E-state index contributed by atoms with van der Waals surface area (Å²) in [7, 11) is -6.11. The molecule has 2 aromatic carbocycles. The van der Waals surface area contributed by atoms with Crippen molar-refractivity contribution in [1.29, 1.82) is 0 Å². The van der Waals surface area contributed by atoms with Gasteiger partial charge in [-0.15, -0.1) is 0 Å². The number of rotatable bonds is 7. The first kappa shape index (κ1) is 25.6. The molecule has 1 saturated heterocycles. The molecule has 0 radical (unpaired) electrons. The number of carbonyl (C=O) groups excluding carboxylic acids is 2. The summed E-state index contributed by atoms with van der Waals surface area (Å²) in [4.78, 5) is 24.4. The summed E-state index contributed by atoms with van der Waals surface area (Å²) in [6.07, 6.45) is -8.74. The zero-order valence-electron chi connectivity index (χ0n) is 17.2. The second-order valence-corrected chi connectivity index (χ2v) is 8.62. The van der Waals surface area contributed by atoms with Gasteiger partial charge in [0.25, 0.3) is 0 Å². The van der Waals surface area contributed by atoms with E-state index in [2.05, 4.69) is 4.18 Å². The first-order valence-corrected chi connectivity index (χ1v) is 11.2. The second kappa shape index (κ2) is 10.5. The first-order valence-electron chi connectivity index (χ1n) is 9.75. The van der Waals surface area contributed by atoms with Crippen LogP contribution in [-0.2, 0) is 28.5 Å². The van der Waals surface area contributed by atoms with Crippen LogP contribution in [0.3, 0.4) is 0 Å². The van der Waals surface area contributed by atoms with Gasteiger partial charge in [0.2, 0.25) is 0 Å². The lowest BCUT2D eigenvalue weighted by Gasteiger charge is -2.36. The number of esters is 2. The zero-order valence-corrected chi connectivity index (χ0v) is 18.0. The summed E-state index contributed by atoms with van der Waals surface area (Å²) in [5.41, 5.74) is -5.64. The molecule has 0 aromatic heterocycles. The Bertz CT molecular complexity index is 1090. The van der Waals surface area contributed by atoms with Crippen LogP contribution in [0.4, 0.5) is 17.6 Å². The summed E-state index contributed by atoms with van der Waals surface area (Å²) in [6, 6.07) is 14.8. The van der Waals surface area contributed by atoms with Crippen molar-refractivity contribution in [2.75, 3.05) is 6.61 Å². The molecule has 0 amide bonds. The molecule has 1 aliphatic rings. The Morgan fingerprint density at radius 2 is 1.47 bits per heavy atom. The maximum atomic E-state index is 15.1. The van der Waals surface area contributed by atoms with Gasteiger partial charge in [0.1, 0.15) is 18.8 Å². The van der Waals surface area contributed by atoms with Crippen LogP contribution < -0.4 is 0 Å². The lowest BCUT2D eigenvalue weighted by atomic mass is 10.0. The SMILES string of the molecule is O=C(OCC1O[C@H](OS(=O)(=O)C(F)(F)F)CC(OC(=O)c2ccccc2)[C@@H]1F)c1ccccc1. The van der Waals surface area contributed by atoms with E-state index in [1.165, 1.54) is 48.5 Å². The summed E-state index contributed by atoms with van der Waals surface area (Å²) < 4.78 is 95.1. The highest BCUT2D eigenvalue weighted by atomic mass is 32.2. The van der Waals surface area contributed by atoms with Crippen LogP contribution in [0.5, 0.6) is 0 Å². The van der Waals surface area contributed by atoms with Crippen LogP contribution >= 0.6 is 0 Å². The minimum atomic E-state index is -6.11. The van der Waals surface area contributed by atoms with Gasteiger partial charge in [0.15, 0.2) is 12.5 Å². The minimum absolute atomic E-state index is 0.0219. The highest BCUT2D eigenvalue weighted by molar-refractivity contribution is 7.87. The molecule has 184 valence electrons. The Balaban J connectivity index is 1.76. The van der Waals surface area contributed by atoms with Crippen molar-refractivity contribution in [3.63, 3.8) is 0 Å². The van der Waals surface area contributed by atoms with E-state index in [0.29, 0.717) is 0 Å². The number of hydrogen-bond acceptors (Lipinski definition) is 8. The molecule has 4 atom stereocenters. The lowest BCUT2D eigenvalue weighted by Crippen LogP contribution is -2.51. The van der Waals surface area contributed by atoms with Crippen molar-refractivity contribution < 1.29 is 54.0 Å². The largest absolute Gasteiger partial charge is 0.523 e. The van der Waals surface area contributed by atoms with Gasteiger partial charge in [-0.2, -0.15) is 21.6 Å². The predicted octanol–water partition coefficient (Wildman–Crippen LogP) is 3.39. The Kier molecular flexibility index (Phi) is 7.89. The fourth-order valence-electron chi connectivity index (χ4n) is 2.98. The zero-order chi connectivity index (χ0) is 24.9. The molecule has 2 unspecified atom stereocenters. The molecule has 3 rings (SSSR count). The van der Waals surface area contributed by atoms with Gasteiger partial charge in [0.05, 0.1) is 11.1 Å². The maximum Gasteiger partial charge on any atom is 0.523 e. The predicted molar refractivity (Wildman–Crippen MR) is 107 cm³/mol. The average Bonchev–Trinajstić information content (AvgIpc) is 2.80. The molecule has 1 fully saturated rings. The Labute approximate surface area is 191 Å². The fraction of sp³-hybridized carbons (Fsp3) is 0.333. The second-order valence-electron chi connectivity index (χ2n) is 7.05. The van der Waals surface area contributed by atoms with E-state index in [1.54, 1.807) is 12.1 Å². The molecule has 1 heterocycles. The lowest BCUT2D eigenvalue weighted by molar-refractivity contribution is -0.216. The quantitative estimate of drug-likeness (QED) is 0.244. The Morgan fingerprint density at radius 3 is 2.00 bits per heavy atom. The van der Waals surface area contributed by atoms with Crippen LogP contribution in [0.15, 0.2) is 60.7 Å². The fourth-order valence-corrected chi connectivity index (χ4v) is 3.50. The van der Waals surface area contributed by atoms with Gasteiger partial charge in [-0.1, -0.05) is 36.4 Å². The molecule has 34 heavy (non-hydrogen) atoms. The van der Waals surface area contributed by atoms with E-state index in [1.807, 2.05) is 0 Å². The van der Waals surface area contributed by atoms with Crippen LogP contribution in [0, 0.1) is 0 Å². The molecule has 2 aromatic rings. The topological polar surface area (TPSA) is 105 Å². The van der Waals surface area contributed by atoms with Crippen molar-refractivity contribution in [3.05, 3.63) is 71.8 Å². The molecular formula is C21H18F4O8S. The van der Waals surface area contributed by atoms with Crippen LogP contribution in [0.2, 0.25) is 0 Å². The van der Waals surface area contributed by atoms with Crippen LogP contribution in [-0.4, -0.2) is 57.1 Å². The normalized spacial score (nSPS) is 23.2. The highest BCUT2D eigenvalue weighted by Crippen LogP contribution is 2.32. The van der Waals surface area contributed by atoms with Crippen molar-refractivity contribution in [3.8, 4) is 0 Å². The smallest absolute Gasteiger partial charge is 0.459 e. The molecule has 1 aliphatic heterocycles. The van der Waals surface area contributed by atoms with Crippen LogP contribution in [0.1, 0.15) is 27.1 Å². The number of hydrogen-bond donors (Lipinski definition) is 0. The van der Waals surface area contributed by atoms with E-state index in [-0.39, 0.29) is 11.1 Å². The number of ether oxygens (including phenoxy) is 3. The molecule has 0 saturated carbocycles. The average molecular weight is 506 g/mol. The van der Waals surface area contributed by atoms with Gasteiger partial charge in [-0.25, -0.2) is 18.2 Å². The molecule has 0 spiro atoms. The molecular weight excluding hydrogens is 488 g/mol. The monoisotopic (exact) mass is 506 g/mol. The highest BCUT2D eigenvalue weighted by Gasteiger charge is 2.51. The standard InChI is InChI=1S/C21H18F4O8S/c22-18-15(32-20(27)14-9-5-2-6-10-14)11-17(33-34(28,29)21(23,24)25)31-16(18)12-30-19(26)13-7-3-1-4-8-13/h1-10,15-18H,11-12H2/t15?,16?,17-,18+/m1/s1. The van der Waals surface area contributed by atoms with E-state index in [4.69, 9.17) is 14.2 Å². The number of alkyl halides is 4. The maximum absolute atomic E-state index is 15.1. The third kappa shape index (κ3) is 6.30.